The molecule has 1 aromatic heterocycles. The van der Waals surface area contributed by atoms with Crippen LogP contribution in [0.2, 0.25) is 0 Å². The van der Waals surface area contributed by atoms with Crippen LogP contribution in [0.15, 0.2) is 51.4 Å². The van der Waals surface area contributed by atoms with Crippen molar-refractivity contribution in [3.05, 3.63) is 58.3 Å². The molecule has 2 nitrogen and oxygen atoms in total. The maximum absolute atomic E-state index is 9.77. The van der Waals surface area contributed by atoms with Crippen LogP contribution in [0.4, 0.5) is 0 Å². The molecule has 0 saturated heterocycles. The first-order valence-corrected chi connectivity index (χ1v) is 8.13. The van der Waals surface area contributed by atoms with Crippen molar-refractivity contribution in [3.63, 3.8) is 0 Å². The van der Waals surface area contributed by atoms with Gasteiger partial charge < -0.3 is 9.52 Å². The van der Waals surface area contributed by atoms with E-state index in [9.17, 15) is 5.11 Å². The Bertz CT molecular complexity index is 905. The molecule has 0 bridgehead atoms. The number of aromatic hydroxyl groups is 1. The van der Waals surface area contributed by atoms with Gasteiger partial charge in [-0.25, -0.2) is 0 Å². The van der Waals surface area contributed by atoms with Gasteiger partial charge in [0.05, 0.1) is 4.47 Å². The SMILES string of the molecule is CC1C=Cc2cc(-c3ccc4c(Br)c(O)ccc4c3)oc2C1. The van der Waals surface area contributed by atoms with Crippen molar-refractivity contribution in [2.75, 3.05) is 0 Å². The molecule has 1 heterocycles. The van der Waals surface area contributed by atoms with Crippen molar-refractivity contribution in [2.24, 2.45) is 5.92 Å². The zero-order valence-electron chi connectivity index (χ0n) is 12.1. The number of phenolic OH excluding ortho intramolecular Hbond substituents is 1. The Morgan fingerprint density at radius 1 is 1.18 bits per heavy atom. The second-order valence-electron chi connectivity index (χ2n) is 5.86. The summed E-state index contributed by atoms with van der Waals surface area (Å²) in [7, 11) is 0. The summed E-state index contributed by atoms with van der Waals surface area (Å²) in [5, 5.41) is 11.8. The lowest BCUT2D eigenvalue weighted by Gasteiger charge is -2.09. The topological polar surface area (TPSA) is 33.4 Å². The van der Waals surface area contributed by atoms with Crippen molar-refractivity contribution >= 4 is 32.8 Å². The summed E-state index contributed by atoms with van der Waals surface area (Å²) in [6, 6.07) is 11.9. The molecule has 2 aromatic carbocycles. The van der Waals surface area contributed by atoms with E-state index < -0.39 is 0 Å². The Labute approximate surface area is 137 Å². The van der Waals surface area contributed by atoms with Crippen molar-refractivity contribution in [3.8, 4) is 17.1 Å². The number of benzene rings is 2. The van der Waals surface area contributed by atoms with Gasteiger partial charge in [-0.05, 0) is 50.8 Å². The van der Waals surface area contributed by atoms with E-state index in [1.165, 1.54) is 5.56 Å². The summed E-state index contributed by atoms with van der Waals surface area (Å²) in [4.78, 5) is 0. The summed E-state index contributed by atoms with van der Waals surface area (Å²) in [5.74, 6) is 2.75. The van der Waals surface area contributed by atoms with E-state index in [0.29, 0.717) is 5.92 Å². The normalized spacial score (nSPS) is 16.9. The molecule has 110 valence electrons. The molecule has 0 fully saturated rings. The Kier molecular flexibility index (Phi) is 3.12. The second-order valence-corrected chi connectivity index (χ2v) is 6.66. The predicted octanol–water partition coefficient (Wildman–Crippen LogP) is 5.77. The van der Waals surface area contributed by atoms with Crippen LogP contribution >= 0.6 is 15.9 Å². The molecule has 1 aliphatic rings. The monoisotopic (exact) mass is 354 g/mol. The van der Waals surface area contributed by atoms with Gasteiger partial charge in [-0.3, -0.25) is 0 Å². The van der Waals surface area contributed by atoms with Gasteiger partial charge >= 0.3 is 0 Å². The van der Waals surface area contributed by atoms with Gasteiger partial charge in [-0.15, -0.1) is 0 Å². The van der Waals surface area contributed by atoms with Crippen LogP contribution in [-0.4, -0.2) is 5.11 Å². The molecule has 3 heteroatoms. The lowest BCUT2D eigenvalue weighted by molar-refractivity contribution is 0.473. The maximum atomic E-state index is 9.77. The molecule has 0 amide bonds. The van der Waals surface area contributed by atoms with E-state index in [0.717, 1.165) is 38.7 Å². The standard InChI is InChI=1S/C19H15BrO2/c1-11-2-3-14-10-18(22-17(14)8-11)13-4-6-15-12(9-13)5-7-16(21)19(15)20/h2-7,9-11,21H,8H2,1H3. The Hall–Kier alpha value is -2.00. The number of fused-ring (bicyclic) bond motifs is 2. The molecule has 1 aliphatic carbocycles. The molecule has 1 atom stereocenters. The summed E-state index contributed by atoms with van der Waals surface area (Å²) >= 11 is 3.43. The third kappa shape index (κ3) is 2.17. The predicted molar refractivity (Wildman–Crippen MR) is 92.9 cm³/mol. The molecule has 0 aliphatic heterocycles. The third-order valence-electron chi connectivity index (χ3n) is 4.17. The van der Waals surface area contributed by atoms with Crippen molar-refractivity contribution in [2.45, 2.75) is 13.3 Å². The Morgan fingerprint density at radius 3 is 2.91 bits per heavy atom. The largest absolute Gasteiger partial charge is 0.507 e. The highest BCUT2D eigenvalue weighted by molar-refractivity contribution is 9.10. The van der Waals surface area contributed by atoms with Crippen LogP contribution in [0.5, 0.6) is 5.75 Å². The number of phenols is 1. The average molecular weight is 355 g/mol. The van der Waals surface area contributed by atoms with Gasteiger partial charge in [0.2, 0.25) is 0 Å². The highest BCUT2D eigenvalue weighted by Gasteiger charge is 2.16. The number of rotatable bonds is 1. The quantitative estimate of drug-likeness (QED) is 0.601. The molecule has 0 saturated carbocycles. The fourth-order valence-electron chi connectivity index (χ4n) is 2.95. The van der Waals surface area contributed by atoms with Crippen LogP contribution in [0.1, 0.15) is 18.2 Å². The van der Waals surface area contributed by atoms with Gasteiger partial charge in [0.25, 0.3) is 0 Å². The fourth-order valence-corrected chi connectivity index (χ4v) is 3.44. The minimum Gasteiger partial charge on any atom is -0.507 e. The minimum atomic E-state index is 0.257. The molecule has 22 heavy (non-hydrogen) atoms. The first-order chi connectivity index (χ1) is 10.6. The molecular formula is C19H15BrO2. The average Bonchev–Trinajstić information content (AvgIpc) is 2.94. The summed E-state index contributed by atoms with van der Waals surface area (Å²) in [5.41, 5.74) is 2.24. The van der Waals surface area contributed by atoms with Crippen LogP contribution < -0.4 is 0 Å². The van der Waals surface area contributed by atoms with Crippen LogP contribution in [-0.2, 0) is 6.42 Å². The zero-order chi connectivity index (χ0) is 15.3. The van der Waals surface area contributed by atoms with Crippen molar-refractivity contribution < 1.29 is 9.52 Å². The first kappa shape index (κ1) is 13.6. The smallest absolute Gasteiger partial charge is 0.134 e. The summed E-state index contributed by atoms with van der Waals surface area (Å²) < 4.78 is 6.78. The van der Waals surface area contributed by atoms with E-state index in [2.05, 4.69) is 47.1 Å². The molecule has 0 radical (unpaired) electrons. The zero-order valence-corrected chi connectivity index (χ0v) is 13.7. The fraction of sp³-hybridized carbons (Fsp3) is 0.158. The molecule has 4 rings (SSSR count). The minimum absolute atomic E-state index is 0.257. The molecule has 1 unspecified atom stereocenters. The summed E-state index contributed by atoms with van der Waals surface area (Å²) in [6.45, 7) is 2.20. The highest BCUT2D eigenvalue weighted by Crippen LogP contribution is 2.36. The van der Waals surface area contributed by atoms with Gasteiger partial charge in [-0.2, -0.15) is 0 Å². The highest BCUT2D eigenvalue weighted by atomic mass is 79.9. The number of hydrogen-bond acceptors (Lipinski definition) is 2. The Balaban J connectivity index is 1.82. The van der Waals surface area contributed by atoms with E-state index in [1.54, 1.807) is 6.07 Å². The second kappa shape index (κ2) is 5.03. The first-order valence-electron chi connectivity index (χ1n) is 7.34. The lowest BCUT2D eigenvalue weighted by Crippen LogP contribution is -1.99. The Morgan fingerprint density at radius 2 is 2.05 bits per heavy atom. The van der Waals surface area contributed by atoms with Crippen molar-refractivity contribution in [1.29, 1.82) is 0 Å². The van der Waals surface area contributed by atoms with E-state index in [-0.39, 0.29) is 5.75 Å². The van der Waals surface area contributed by atoms with Crippen LogP contribution in [0.3, 0.4) is 0 Å². The van der Waals surface area contributed by atoms with Crippen LogP contribution in [0, 0.1) is 5.92 Å². The van der Waals surface area contributed by atoms with Gasteiger partial charge in [0.15, 0.2) is 0 Å². The third-order valence-corrected chi connectivity index (χ3v) is 5.01. The van der Waals surface area contributed by atoms with E-state index >= 15 is 0 Å². The molecule has 3 aromatic rings. The van der Waals surface area contributed by atoms with E-state index in [4.69, 9.17) is 4.42 Å². The van der Waals surface area contributed by atoms with E-state index in [1.807, 2.05) is 18.2 Å². The molecule has 1 N–H and O–H groups in total. The lowest BCUT2D eigenvalue weighted by atomic mass is 9.97. The van der Waals surface area contributed by atoms with Crippen molar-refractivity contribution in [1.82, 2.24) is 0 Å². The molecular weight excluding hydrogens is 340 g/mol. The number of halogens is 1. The van der Waals surface area contributed by atoms with Gasteiger partial charge in [0.1, 0.15) is 17.3 Å². The number of allylic oxidation sites excluding steroid dienone is 1. The van der Waals surface area contributed by atoms with Gasteiger partial charge in [0, 0.05) is 17.5 Å². The number of furan rings is 1. The maximum Gasteiger partial charge on any atom is 0.134 e. The molecule has 0 spiro atoms. The van der Waals surface area contributed by atoms with Crippen LogP contribution in [0.25, 0.3) is 28.2 Å². The number of hydrogen-bond donors (Lipinski definition) is 1. The summed E-state index contributed by atoms with van der Waals surface area (Å²) in [6.07, 6.45) is 5.33. The van der Waals surface area contributed by atoms with Gasteiger partial charge in [-0.1, -0.05) is 37.3 Å².